The molecule has 0 bridgehead atoms. The van der Waals surface area contributed by atoms with E-state index in [1.165, 1.54) is 18.5 Å². The quantitative estimate of drug-likeness (QED) is 0.158. The van der Waals surface area contributed by atoms with Crippen molar-refractivity contribution in [1.29, 1.82) is 0 Å². The van der Waals surface area contributed by atoms with Crippen LogP contribution >= 0.6 is 20.9 Å². The Morgan fingerprint density at radius 3 is 2.90 bits per heavy atom. The monoisotopic (exact) mass is 457 g/mol. The molecule has 1 aliphatic heterocycles. The molecule has 30 heavy (non-hydrogen) atoms. The number of ether oxygens (including phenoxy) is 1. The van der Waals surface area contributed by atoms with Gasteiger partial charge in [-0.1, -0.05) is 0 Å². The average molecular weight is 457 g/mol. The number of fused-ring (bicyclic) bond motifs is 1. The lowest BCUT2D eigenvalue weighted by Gasteiger charge is -2.15. The van der Waals surface area contributed by atoms with Gasteiger partial charge in [-0.3, -0.25) is 4.57 Å². The second-order valence-corrected chi connectivity index (χ2v) is 7.63. The van der Waals surface area contributed by atoms with Crippen molar-refractivity contribution in [3.8, 4) is 5.75 Å². The molecule has 0 aliphatic carbocycles. The number of nitrogen functional groups attached to an aromatic ring is 1. The number of halogens is 1. The minimum absolute atomic E-state index is 0.0346. The molecule has 3 heterocycles. The predicted octanol–water partition coefficient (Wildman–Crippen LogP) is 1.90. The Morgan fingerprint density at radius 2 is 2.13 bits per heavy atom. The highest BCUT2D eigenvalue weighted by Gasteiger charge is 2.36. The van der Waals surface area contributed by atoms with Crippen molar-refractivity contribution in [3.05, 3.63) is 36.4 Å². The van der Waals surface area contributed by atoms with Crippen LogP contribution in [-0.4, -0.2) is 43.4 Å². The van der Waals surface area contributed by atoms with Crippen molar-refractivity contribution in [2.45, 2.75) is 29.9 Å². The second-order valence-electron chi connectivity index (χ2n) is 6.34. The van der Waals surface area contributed by atoms with Crippen LogP contribution in [0.1, 0.15) is 12.6 Å². The minimum atomic E-state index is -3.04. The first-order chi connectivity index (χ1) is 14.4. The van der Waals surface area contributed by atoms with Gasteiger partial charge in [0.05, 0.1) is 12.4 Å². The molecule has 11 nitrogen and oxygen atoms in total. The normalized spacial score (nSPS) is 22.4. The van der Waals surface area contributed by atoms with E-state index < -0.39 is 32.5 Å². The molecule has 4 rings (SSSR count). The highest BCUT2D eigenvalue weighted by Crippen LogP contribution is 2.33. The van der Waals surface area contributed by atoms with Gasteiger partial charge >= 0.3 is 8.25 Å². The summed E-state index contributed by atoms with van der Waals surface area (Å²) in [5, 5.41) is 10.6. The fourth-order valence-corrected chi connectivity index (χ4v) is 3.72. The summed E-state index contributed by atoms with van der Waals surface area (Å²) in [6, 6.07) is 4.92. The van der Waals surface area contributed by atoms with Crippen LogP contribution in [0.15, 0.2) is 35.6 Å². The molecule has 1 saturated heterocycles. The summed E-state index contributed by atoms with van der Waals surface area (Å²) in [5.74, 6) is -0.253. The summed E-state index contributed by atoms with van der Waals surface area (Å²) in [7, 11) is -3.04. The molecule has 0 amide bonds. The molecule has 1 fully saturated rings. The van der Waals surface area contributed by atoms with E-state index in [0.29, 0.717) is 16.2 Å². The average Bonchev–Trinajstić information content (AvgIpc) is 3.27. The molecule has 1 aromatic carbocycles. The number of benzene rings is 1. The maximum Gasteiger partial charge on any atom is 0.394 e. The van der Waals surface area contributed by atoms with Gasteiger partial charge in [0.15, 0.2) is 5.65 Å². The van der Waals surface area contributed by atoms with E-state index in [-0.39, 0.29) is 24.7 Å². The zero-order chi connectivity index (χ0) is 21.3. The summed E-state index contributed by atoms with van der Waals surface area (Å²) in [6.45, 7) is -0.206. The van der Waals surface area contributed by atoms with Crippen LogP contribution in [0.5, 0.6) is 5.75 Å². The molecule has 3 aromatic rings. The van der Waals surface area contributed by atoms with Gasteiger partial charge in [-0.25, -0.2) is 23.8 Å². The van der Waals surface area contributed by atoms with Crippen molar-refractivity contribution in [1.82, 2.24) is 19.5 Å². The van der Waals surface area contributed by atoms with Crippen molar-refractivity contribution in [2.24, 2.45) is 0 Å². The third kappa shape index (κ3) is 4.56. The van der Waals surface area contributed by atoms with Gasteiger partial charge in [0.2, 0.25) is 5.95 Å². The van der Waals surface area contributed by atoms with Crippen molar-refractivity contribution >= 4 is 38.0 Å². The van der Waals surface area contributed by atoms with Crippen LogP contribution in [0, 0.1) is 5.82 Å². The summed E-state index contributed by atoms with van der Waals surface area (Å²) in [6.07, 6.45) is -0.515. The molecule has 4 atom stereocenters. The Morgan fingerprint density at radius 1 is 1.37 bits per heavy atom. The van der Waals surface area contributed by atoms with Gasteiger partial charge in [-0.2, -0.15) is 4.98 Å². The van der Waals surface area contributed by atoms with Crippen LogP contribution in [0.2, 0.25) is 0 Å². The third-order valence-corrected chi connectivity index (χ3v) is 5.28. The zero-order valence-corrected chi connectivity index (χ0v) is 17.1. The number of aliphatic hydroxyl groups is 1. The predicted molar refractivity (Wildman–Crippen MR) is 105 cm³/mol. The number of thiol groups is 1. The highest BCUT2D eigenvalue weighted by atomic mass is 32.1. The number of hydrogen-bond donors (Lipinski definition) is 3. The molecule has 160 valence electrons. The van der Waals surface area contributed by atoms with Crippen LogP contribution in [0.3, 0.4) is 0 Å². The number of anilines is 1. The van der Waals surface area contributed by atoms with E-state index >= 15 is 0 Å². The summed E-state index contributed by atoms with van der Waals surface area (Å²) in [5.41, 5.74) is 6.53. The van der Waals surface area contributed by atoms with Crippen LogP contribution in [-0.2, 0) is 18.9 Å². The molecule has 0 spiro atoms. The number of nitrogens with two attached hydrogens (primary N) is 1. The summed E-state index contributed by atoms with van der Waals surface area (Å²) in [4.78, 5) is 17.2. The maximum absolute atomic E-state index is 12.9. The lowest BCUT2D eigenvalue weighted by Crippen LogP contribution is -2.26. The Balaban J connectivity index is 1.32. The molecule has 0 radical (unpaired) electrons. The fourth-order valence-electron chi connectivity index (χ4n) is 2.93. The maximum atomic E-state index is 12.9. The number of hydrogen-bond acceptors (Lipinski definition) is 11. The van der Waals surface area contributed by atoms with Gasteiger partial charge in [0, 0.05) is 6.42 Å². The SMILES string of the molecule is Nc1nc(S)c2ncn([C@H]3C[C@H](O)[C@@H](COO[PH](=O)Oc4ccc(F)cc4)O3)c2n1. The molecule has 14 heteroatoms. The van der Waals surface area contributed by atoms with E-state index in [1.807, 2.05) is 0 Å². The van der Waals surface area contributed by atoms with E-state index in [4.69, 9.17) is 19.9 Å². The number of rotatable bonds is 7. The van der Waals surface area contributed by atoms with Gasteiger partial charge in [0.1, 0.15) is 41.0 Å². The first kappa shape index (κ1) is 21.0. The number of nitrogens with zero attached hydrogens (tertiary/aromatic N) is 4. The molecule has 3 N–H and O–H groups in total. The lowest BCUT2D eigenvalue weighted by molar-refractivity contribution is -0.233. The summed E-state index contributed by atoms with van der Waals surface area (Å²) < 4.78 is 41.7. The number of imidazole rings is 1. The van der Waals surface area contributed by atoms with Crippen LogP contribution < -0.4 is 10.3 Å². The number of aliphatic hydroxyl groups excluding tert-OH is 1. The van der Waals surface area contributed by atoms with Gasteiger partial charge in [-0.05, 0) is 24.3 Å². The fraction of sp³-hybridized carbons (Fsp3) is 0.312. The largest absolute Gasteiger partial charge is 0.425 e. The smallest absolute Gasteiger partial charge is 0.394 e. The lowest BCUT2D eigenvalue weighted by atomic mass is 10.2. The van der Waals surface area contributed by atoms with E-state index in [9.17, 15) is 14.1 Å². The van der Waals surface area contributed by atoms with E-state index in [0.717, 1.165) is 12.1 Å². The third-order valence-electron chi connectivity index (χ3n) is 4.31. The Kier molecular flexibility index (Phi) is 6.18. The van der Waals surface area contributed by atoms with E-state index in [2.05, 4.69) is 32.3 Å². The number of aromatic nitrogens is 4. The van der Waals surface area contributed by atoms with Crippen molar-refractivity contribution in [3.63, 3.8) is 0 Å². The Hall–Kier alpha value is -2.28. The van der Waals surface area contributed by atoms with Gasteiger partial charge in [0.25, 0.3) is 0 Å². The molecular formula is C16H17FN5O6PS. The van der Waals surface area contributed by atoms with E-state index in [1.54, 1.807) is 4.57 Å². The minimum Gasteiger partial charge on any atom is -0.425 e. The molecular weight excluding hydrogens is 440 g/mol. The molecule has 1 aliphatic rings. The first-order valence-electron chi connectivity index (χ1n) is 8.70. The first-order valence-corrected chi connectivity index (χ1v) is 10.4. The van der Waals surface area contributed by atoms with Gasteiger partial charge < -0.3 is 20.1 Å². The molecule has 0 saturated carbocycles. The second kappa shape index (κ2) is 8.84. The molecule has 2 aromatic heterocycles. The van der Waals surface area contributed by atoms with Gasteiger partial charge in [-0.15, -0.1) is 17.3 Å². The highest BCUT2D eigenvalue weighted by molar-refractivity contribution is 7.80. The summed E-state index contributed by atoms with van der Waals surface area (Å²) >= 11 is 4.23. The topological polar surface area (TPSA) is 144 Å². The van der Waals surface area contributed by atoms with Crippen LogP contribution in [0.25, 0.3) is 11.2 Å². The standard InChI is InChI=1S/C16H17FN5O6PS/c17-8-1-3-9(4-2-8)27-29(24)28-25-6-11-10(23)5-12(26-11)22-7-19-13-14(22)20-16(18)21-15(13)30/h1-4,7,10-12,23,29H,5-6H2,(H3,18,20,21,30)/t10-,11+,12+/m0/s1. The Labute approximate surface area is 175 Å². The van der Waals surface area contributed by atoms with Crippen LogP contribution in [0.4, 0.5) is 10.3 Å². The molecule has 1 unspecified atom stereocenters. The zero-order valence-electron chi connectivity index (χ0n) is 15.2. The van der Waals surface area contributed by atoms with Crippen molar-refractivity contribution in [2.75, 3.05) is 12.3 Å². The Bertz CT molecular complexity index is 1070. The van der Waals surface area contributed by atoms with Crippen molar-refractivity contribution < 1.29 is 32.9 Å².